The van der Waals surface area contributed by atoms with Gasteiger partial charge in [-0.15, -0.1) is 11.3 Å². The molecule has 1 aliphatic rings. The summed E-state index contributed by atoms with van der Waals surface area (Å²) < 4.78 is 0. The fourth-order valence-corrected chi connectivity index (χ4v) is 4.40. The van der Waals surface area contributed by atoms with E-state index in [1.54, 1.807) is 17.7 Å². The molecule has 118 valence electrons. The Morgan fingerprint density at radius 1 is 1.26 bits per heavy atom. The number of benzene rings is 1. The summed E-state index contributed by atoms with van der Waals surface area (Å²) in [5.74, 6) is 0.977. The smallest absolute Gasteiger partial charge is 0.138 e. The van der Waals surface area contributed by atoms with Crippen molar-refractivity contribution in [3.63, 3.8) is 0 Å². The molecular weight excluding hydrogens is 304 g/mol. The minimum atomic E-state index is 0.270. The summed E-state index contributed by atoms with van der Waals surface area (Å²) >= 11 is 1.79. The maximum Gasteiger partial charge on any atom is 0.138 e. The van der Waals surface area contributed by atoms with Crippen LogP contribution in [-0.4, -0.2) is 16.5 Å². The maximum atomic E-state index is 4.56. The van der Waals surface area contributed by atoms with Crippen LogP contribution < -0.4 is 10.6 Å². The summed E-state index contributed by atoms with van der Waals surface area (Å²) in [5, 5.41) is 8.33. The topological polar surface area (TPSA) is 49.8 Å². The summed E-state index contributed by atoms with van der Waals surface area (Å²) in [6.07, 6.45) is 3.75. The lowest BCUT2D eigenvalue weighted by Gasteiger charge is -2.19. The first-order valence-electron chi connectivity index (χ1n) is 8.14. The van der Waals surface area contributed by atoms with Gasteiger partial charge in [0, 0.05) is 11.4 Å². The van der Waals surface area contributed by atoms with E-state index in [-0.39, 0.29) is 6.04 Å². The maximum absolute atomic E-state index is 4.56. The van der Waals surface area contributed by atoms with Gasteiger partial charge in [0.15, 0.2) is 0 Å². The summed E-state index contributed by atoms with van der Waals surface area (Å²) in [4.78, 5) is 11.6. The van der Waals surface area contributed by atoms with E-state index in [0.717, 1.165) is 36.6 Å². The molecule has 3 heterocycles. The van der Waals surface area contributed by atoms with Gasteiger partial charge in [-0.1, -0.05) is 37.3 Å². The van der Waals surface area contributed by atoms with Crippen molar-refractivity contribution in [2.45, 2.75) is 32.4 Å². The SMILES string of the molecule is CCC(Nc1ncnc2sc3c(c12)CCNC3)c1ccccc1. The molecule has 1 atom stereocenters. The monoisotopic (exact) mass is 324 g/mol. The molecule has 2 aromatic heterocycles. The summed E-state index contributed by atoms with van der Waals surface area (Å²) in [7, 11) is 0. The van der Waals surface area contributed by atoms with Crippen molar-refractivity contribution >= 4 is 27.4 Å². The van der Waals surface area contributed by atoms with E-state index in [9.17, 15) is 0 Å². The summed E-state index contributed by atoms with van der Waals surface area (Å²) in [6.45, 7) is 4.19. The van der Waals surface area contributed by atoms with Crippen LogP contribution in [0.15, 0.2) is 36.7 Å². The van der Waals surface area contributed by atoms with Gasteiger partial charge in [0.2, 0.25) is 0 Å². The second-order valence-corrected chi connectivity index (χ2v) is 6.93. The highest BCUT2D eigenvalue weighted by Gasteiger charge is 2.21. The van der Waals surface area contributed by atoms with E-state index in [1.807, 2.05) is 0 Å². The highest BCUT2D eigenvalue weighted by atomic mass is 32.1. The fraction of sp³-hybridized carbons (Fsp3) is 0.333. The van der Waals surface area contributed by atoms with E-state index in [4.69, 9.17) is 0 Å². The molecule has 0 bridgehead atoms. The third kappa shape index (κ3) is 2.71. The van der Waals surface area contributed by atoms with Gasteiger partial charge in [-0.05, 0) is 30.5 Å². The van der Waals surface area contributed by atoms with Crippen LogP contribution >= 0.6 is 11.3 Å². The largest absolute Gasteiger partial charge is 0.363 e. The third-order valence-corrected chi connectivity index (χ3v) is 5.57. The number of thiophene rings is 1. The molecule has 0 amide bonds. The molecule has 0 spiro atoms. The van der Waals surface area contributed by atoms with Crippen LogP contribution in [0, 0.1) is 0 Å². The minimum absolute atomic E-state index is 0.270. The first-order valence-corrected chi connectivity index (χ1v) is 8.96. The first-order chi connectivity index (χ1) is 11.4. The van der Waals surface area contributed by atoms with E-state index in [0.29, 0.717) is 0 Å². The van der Waals surface area contributed by atoms with Crippen LogP contribution in [-0.2, 0) is 13.0 Å². The zero-order chi connectivity index (χ0) is 15.6. The van der Waals surface area contributed by atoms with E-state index in [2.05, 4.69) is 57.9 Å². The van der Waals surface area contributed by atoms with E-state index in [1.165, 1.54) is 21.4 Å². The van der Waals surface area contributed by atoms with Gasteiger partial charge in [-0.25, -0.2) is 9.97 Å². The summed E-state index contributed by atoms with van der Waals surface area (Å²) in [6, 6.07) is 10.9. The number of aromatic nitrogens is 2. The van der Waals surface area contributed by atoms with Gasteiger partial charge in [0.1, 0.15) is 17.0 Å². The lowest BCUT2D eigenvalue weighted by molar-refractivity contribution is 0.657. The highest BCUT2D eigenvalue weighted by molar-refractivity contribution is 7.18. The van der Waals surface area contributed by atoms with Crippen LogP contribution in [0.5, 0.6) is 0 Å². The Morgan fingerprint density at radius 2 is 2.13 bits per heavy atom. The molecule has 23 heavy (non-hydrogen) atoms. The van der Waals surface area contributed by atoms with Crippen molar-refractivity contribution in [1.82, 2.24) is 15.3 Å². The van der Waals surface area contributed by atoms with Crippen molar-refractivity contribution in [2.75, 3.05) is 11.9 Å². The molecule has 0 aliphatic carbocycles. The van der Waals surface area contributed by atoms with Crippen molar-refractivity contribution in [1.29, 1.82) is 0 Å². The number of anilines is 1. The number of hydrogen-bond donors (Lipinski definition) is 2. The second kappa shape index (κ2) is 6.26. The Hall–Kier alpha value is -1.98. The van der Waals surface area contributed by atoms with Crippen LogP contribution in [0.3, 0.4) is 0 Å². The highest BCUT2D eigenvalue weighted by Crippen LogP contribution is 2.36. The predicted molar refractivity (Wildman–Crippen MR) is 95.9 cm³/mol. The zero-order valence-corrected chi connectivity index (χ0v) is 14.0. The third-order valence-electron chi connectivity index (χ3n) is 4.43. The van der Waals surface area contributed by atoms with Gasteiger partial charge < -0.3 is 10.6 Å². The van der Waals surface area contributed by atoms with Crippen LogP contribution in [0.2, 0.25) is 0 Å². The van der Waals surface area contributed by atoms with Crippen LogP contribution in [0.1, 0.15) is 35.4 Å². The zero-order valence-electron chi connectivity index (χ0n) is 13.2. The van der Waals surface area contributed by atoms with Crippen LogP contribution in [0.25, 0.3) is 10.2 Å². The number of nitrogens with one attached hydrogen (secondary N) is 2. The molecule has 1 aliphatic heterocycles. The lowest BCUT2D eigenvalue weighted by Crippen LogP contribution is -2.22. The molecule has 1 aromatic carbocycles. The standard InChI is InChI=1S/C18H20N4S/c1-2-14(12-6-4-3-5-7-12)22-17-16-13-8-9-19-10-15(13)23-18(16)21-11-20-17/h3-7,11,14,19H,2,8-10H2,1H3,(H,20,21,22). The molecule has 4 rings (SSSR count). The normalized spacial score (nSPS) is 15.3. The molecular formula is C18H20N4S. The van der Waals surface area contributed by atoms with E-state index < -0.39 is 0 Å². The molecule has 0 saturated carbocycles. The van der Waals surface area contributed by atoms with E-state index >= 15 is 0 Å². The second-order valence-electron chi connectivity index (χ2n) is 5.85. The van der Waals surface area contributed by atoms with Crippen molar-refractivity contribution < 1.29 is 0 Å². The number of nitrogens with zero attached hydrogens (tertiary/aromatic N) is 2. The Labute approximate surface area is 140 Å². The lowest BCUT2D eigenvalue weighted by atomic mass is 10.0. The Balaban J connectivity index is 1.75. The van der Waals surface area contributed by atoms with Crippen molar-refractivity contribution in [2.24, 2.45) is 0 Å². The van der Waals surface area contributed by atoms with Gasteiger partial charge in [-0.3, -0.25) is 0 Å². The number of fused-ring (bicyclic) bond motifs is 3. The molecule has 0 fully saturated rings. The summed E-state index contributed by atoms with van der Waals surface area (Å²) in [5.41, 5.74) is 2.72. The average Bonchev–Trinajstić information content (AvgIpc) is 2.99. The minimum Gasteiger partial charge on any atom is -0.363 e. The number of hydrogen-bond acceptors (Lipinski definition) is 5. The van der Waals surface area contributed by atoms with Crippen molar-refractivity contribution in [3.8, 4) is 0 Å². The first kappa shape index (κ1) is 14.6. The Kier molecular flexibility index (Phi) is 3.97. The quantitative estimate of drug-likeness (QED) is 0.764. The Morgan fingerprint density at radius 3 is 2.96 bits per heavy atom. The van der Waals surface area contributed by atoms with Crippen molar-refractivity contribution in [3.05, 3.63) is 52.7 Å². The van der Waals surface area contributed by atoms with Gasteiger partial charge in [-0.2, -0.15) is 0 Å². The number of rotatable bonds is 4. The van der Waals surface area contributed by atoms with Gasteiger partial charge in [0.25, 0.3) is 0 Å². The average molecular weight is 324 g/mol. The predicted octanol–water partition coefficient (Wildman–Crippen LogP) is 3.90. The molecule has 0 saturated heterocycles. The van der Waals surface area contributed by atoms with Gasteiger partial charge >= 0.3 is 0 Å². The molecule has 4 nitrogen and oxygen atoms in total. The molecule has 5 heteroatoms. The molecule has 2 N–H and O–H groups in total. The Bertz CT molecular complexity index is 813. The fourth-order valence-electron chi connectivity index (χ4n) is 3.24. The molecule has 1 unspecified atom stereocenters. The van der Waals surface area contributed by atoms with Crippen LogP contribution in [0.4, 0.5) is 5.82 Å². The molecule has 3 aromatic rings. The molecule has 0 radical (unpaired) electrons. The van der Waals surface area contributed by atoms with Gasteiger partial charge in [0.05, 0.1) is 11.4 Å².